The van der Waals surface area contributed by atoms with Gasteiger partial charge in [-0.2, -0.15) is 0 Å². The maximum Gasteiger partial charge on any atom is 0.306 e. The number of ether oxygens (including phenoxy) is 1. The van der Waals surface area contributed by atoms with E-state index in [4.69, 9.17) is 4.74 Å². The molecule has 0 heterocycles. The Morgan fingerprint density at radius 1 is 0.485 bits per heavy atom. The lowest BCUT2D eigenvalue weighted by atomic mass is 10.0. The van der Waals surface area contributed by atoms with Crippen molar-refractivity contribution < 1.29 is 9.53 Å². The molecule has 0 aromatic carbocycles. The summed E-state index contributed by atoms with van der Waals surface area (Å²) in [6.45, 7) is 6.63. The lowest BCUT2D eigenvalue weighted by molar-refractivity contribution is -0.148. The van der Waals surface area contributed by atoms with Gasteiger partial charge in [0.15, 0.2) is 0 Å². The third-order valence-corrected chi connectivity index (χ3v) is 7.03. The van der Waals surface area contributed by atoms with Crippen LogP contribution in [0.2, 0.25) is 0 Å². The van der Waals surface area contributed by atoms with Gasteiger partial charge < -0.3 is 4.74 Å². The molecule has 1 unspecified atom stereocenters. The summed E-state index contributed by atoms with van der Waals surface area (Å²) in [5.41, 5.74) is 0. The van der Waals surface area contributed by atoms with Gasteiger partial charge >= 0.3 is 5.97 Å². The number of carbonyl (C=O) groups excluding carboxylic acids is 1. The first-order valence-corrected chi connectivity index (χ1v) is 15.4. The molecule has 0 aliphatic carbocycles. The number of hydrogen-bond donors (Lipinski definition) is 0. The van der Waals surface area contributed by atoms with Gasteiger partial charge in [-0.1, -0.05) is 155 Å². The molecule has 0 fully saturated rings. The van der Waals surface area contributed by atoms with Gasteiger partial charge in [-0.3, -0.25) is 4.79 Å². The molecule has 2 nitrogen and oxygen atoms in total. The van der Waals surface area contributed by atoms with Crippen LogP contribution in [-0.4, -0.2) is 12.1 Å². The van der Waals surface area contributed by atoms with Gasteiger partial charge in [0.05, 0.1) is 6.10 Å². The van der Waals surface area contributed by atoms with E-state index in [9.17, 15) is 4.79 Å². The predicted molar refractivity (Wildman–Crippen MR) is 147 cm³/mol. The van der Waals surface area contributed by atoms with Crippen LogP contribution in [-0.2, 0) is 9.53 Å². The van der Waals surface area contributed by atoms with Crippen molar-refractivity contribution in [1.29, 1.82) is 0 Å². The third-order valence-electron chi connectivity index (χ3n) is 7.03. The molecule has 0 bridgehead atoms. The lowest BCUT2D eigenvalue weighted by Crippen LogP contribution is -2.14. The number of carbonyl (C=O) groups is 1. The topological polar surface area (TPSA) is 26.3 Å². The molecule has 0 saturated heterocycles. The Hall–Kier alpha value is -0.530. The molecule has 198 valence electrons. The fourth-order valence-electron chi connectivity index (χ4n) is 4.73. The summed E-state index contributed by atoms with van der Waals surface area (Å²) in [6, 6.07) is 0. The van der Waals surface area contributed by atoms with Crippen LogP contribution in [0.15, 0.2) is 0 Å². The zero-order chi connectivity index (χ0) is 24.2. The van der Waals surface area contributed by atoms with Crippen molar-refractivity contribution in [2.24, 2.45) is 0 Å². The van der Waals surface area contributed by atoms with E-state index in [1.165, 1.54) is 148 Å². The van der Waals surface area contributed by atoms with Crippen molar-refractivity contribution in [2.75, 3.05) is 0 Å². The molecule has 33 heavy (non-hydrogen) atoms. The molecule has 0 saturated carbocycles. The first kappa shape index (κ1) is 32.5. The molecular weight excluding hydrogens is 404 g/mol. The fourth-order valence-corrected chi connectivity index (χ4v) is 4.73. The summed E-state index contributed by atoms with van der Waals surface area (Å²) < 4.78 is 5.61. The molecule has 0 aliphatic heterocycles. The third kappa shape index (κ3) is 27.6. The van der Waals surface area contributed by atoms with Crippen molar-refractivity contribution in [3.63, 3.8) is 0 Å². The van der Waals surface area contributed by atoms with Crippen LogP contribution in [0.5, 0.6) is 0 Å². The van der Waals surface area contributed by atoms with Gasteiger partial charge in [0.1, 0.15) is 0 Å². The summed E-state index contributed by atoms with van der Waals surface area (Å²) in [5.74, 6) is 0.0214. The quantitative estimate of drug-likeness (QED) is 0.0888. The van der Waals surface area contributed by atoms with Crippen molar-refractivity contribution >= 4 is 5.97 Å². The van der Waals surface area contributed by atoms with Crippen LogP contribution in [0.3, 0.4) is 0 Å². The molecule has 0 aliphatic rings. The molecule has 0 amide bonds. The van der Waals surface area contributed by atoms with Gasteiger partial charge in [-0.25, -0.2) is 0 Å². The monoisotopic (exact) mass is 466 g/mol. The second-order valence-corrected chi connectivity index (χ2v) is 10.6. The van der Waals surface area contributed by atoms with Gasteiger partial charge in [-0.15, -0.1) is 0 Å². The Kier molecular flexibility index (Phi) is 27.3. The zero-order valence-electron chi connectivity index (χ0n) is 23.3. The molecule has 0 aromatic heterocycles. The average Bonchev–Trinajstić information content (AvgIpc) is 2.80. The number of unbranched alkanes of at least 4 members (excludes halogenated alkanes) is 22. The van der Waals surface area contributed by atoms with E-state index < -0.39 is 0 Å². The minimum atomic E-state index is 0.0214. The Bertz CT molecular complexity index is 379. The summed E-state index contributed by atoms with van der Waals surface area (Å²) in [5, 5.41) is 0. The molecular formula is C31H62O2. The minimum Gasteiger partial charge on any atom is -0.463 e. The zero-order valence-corrected chi connectivity index (χ0v) is 23.3. The summed E-state index contributed by atoms with van der Waals surface area (Å²) in [6.07, 6.45) is 34.2. The number of rotatable bonds is 27. The van der Waals surface area contributed by atoms with Crippen molar-refractivity contribution in [3.05, 3.63) is 0 Å². The van der Waals surface area contributed by atoms with Crippen LogP contribution in [0, 0.1) is 0 Å². The normalized spacial score (nSPS) is 12.2. The van der Waals surface area contributed by atoms with Crippen LogP contribution in [0.4, 0.5) is 0 Å². The highest BCUT2D eigenvalue weighted by Crippen LogP contribution is 2.15. The molecule has 0 radical (unpaired) electrons. The van der Waals surface area contributed by atoms with E-state index in [0.717, 1.165) is 12.8 Å². The molecule has 0 N–H and O–H groups in total. The van der Waals surface area contributed by atoms with E-state index in [0.29, 0.717) is 6.42 Å². The second-order valence-electron chi connectivity index (χ2n) is 10.6. The highest BCUT2D eigenvalue weighted by atomic mass is 16.5. The molecule has 0 spiro atoms. The Labute approximate surface area is 209 Å². The van der Waals surface area contributed by atoms with E-state index in [1.807, 2.05) is 0 Å². The van der Waals surface area contributed by atoms with Crippen LogP contribution in [0.25, 0.3) is 0 Å². The minimum absolute atomic E-state index is 0.0214. The predicted octanol–water partition coefficient (Wildman–Crippen LogP) is 11.1. The van der Waals surface area contributed by atoms with Gasteiger partial charge in [-0.05, 0) is 26.2 Å². The van der Waals surface area contributed by atoms with E-state index in [1.54, 1.807) is 0 Å². The largest absolute Gasteiger partial charge is 0.463 e. The van der Waals surface area contributed by atoms with Crippen LogP contribution in [0.1, 0.15) is 188 Å². The number of hydrogen-bond acceptors (Lipinski definition) is 2. The Morgan fingerprint density at radius 3 is 1.15 bits per heavy atom. The van der Waals surface area contributed by atoms with Gasteiger partial charge in [0.2, 0.25) is 0 Å². The standard InChI is InChI=1S/C31H62O2/c1-4-6-8-10-12-14-16-17-19-20-22-24-26-28-30(3)33-31(32)29-27-25-23-21-18-15-13-11-9-7-5-2/h30H,4-29H2,1-3H3. The van der Waals surface area contributed by atoms with Crippen molar-refractivity contribution in [1.82, 2.24) is 0 Å². The SMILES string of the molecule is CCCCCCCCCCCCCCCC(C)OC(=O)CCCCCCCCCCCCC. The molecule has 0 aromatic rings. The van der Waals surface area contributed by atoms with Gasteiger partial charge in [0.25, 0.3) is 0 Å². The van der Waals surface area contributed by atoms with Crippen molar-refractivity contribution in [3.8, 4) is 0 Å². The lowest BCUT2D eigenvalue weighted by Gasteiger charge is -2.13. The summed E-state index contributed by atoms with van der Waals surface area (Å²) >= 11 is 0. The first-order valence-electron chi connectivity index (χ1n) is 15.4. The first-order chi connectivity index (χ1) is 16.2. The van der Waals surface area contributed by atoms with E-state index in [2.05, 4.69) is 20.8 Å². The fraction of sp³-hybridized carbons (Fsp3) is 0.968. The average molecular weight is 467 g/mol. The maximum atomic E-state index is 12.0. The Morgan fingerprint density at radius 2 is 0.788 bits per heavy atom. The molecule has 0 rings (SSSR count). The molecule has 1 atom stereocenters. The van der Waals surface area contributed by atoms with Gasteiger partial charge in [0, 0.05) is 6.42 Å². The number of esters is 1. The second kappa shape index (κ2) is 27.7. The van der Waals surface area contributed by atoms with Crippen molar-refractivity contribution in [2.45, 2.75) is 194 Å². The maximum absolute atomic E-state index is 12.0. The molecule has 2 heteroatoms. The van der Waals surface area contributed by atoms with E-state index >= 15 is 0 Å². The summed E-state index contributed by atoms with van der Waals surface area (Å²) in [7, 11) is 0. The highest BCUT2D eigenvalue weighted by Gasteiger charge is 2.09. The smallest absolute Gasteiger partial charge is 0.306 e. The van der Waals surface area contributed by atoms with Crippen LogP contribution < -0.4 is 0 Å². The highest BCUT2D eigenvalue weighted by molar-refractivity contribution is 5.69. The van der Waals surface area contributed by atoms with E-state index in [-0.39, 0.29) is 12.1 Å². The van der Waals surface area contributed by atoms with Crippen LogP contribution >= 0.6 is 0 Å². The summed E-state index contributed by atoms with van der Waals surface area (Å²) in [4.78, 5) is 12.0. The Balaban J connectivity index is 3.29.